The molecule has 0 aliphatic carbocycles. The van der Waals surface area contributed by atoms with Gasteiger partial charge in [0, 0.05) is 10.3 Å². The standard InChI is InChI=1S/C4H5S3/c5-4-1-2-7(6)3-4/h1-2,5-7H. The second-order valence-electron chi connectivity index (χ2n) is 1.16. The van der Waals surface area contributed by atoms with E-state index in [9.17, 15) is 0 Å². The average molecular weight is 149 g/mol. The van der Waals surface area contributed by atoms with Gasteiger partial charge in [-0.05, 0) is 11.5 Å². The van der Waals surface area contributed by atoms with Crippen LogP contribution in [0.25, 0.3) is 0 Å². The monoisotopic (exact) mass is 149 g/mol. The lowest BCUT2D eigenvalue weighted by atomic mass is 10.6. The quantitative estimate of drug-likeness (QED) is 0.340. The van der Waals surface area contributed by atoms with Gasteiger partial charge >= 0.3 is 0 Å². The molecule has 1 radical (unpaired) electrons. The van der Waals surface area contributed by atoms with Crippen LogP contribution < -0.4 is 0 Å². The SMILES string of the molecule is SC1=[C][SH](S)C=C1. The topological polar surface area (TPSA) is 0 Å². The highest BCUT2D eigenvalue weighted by molar-refractivity contribution is 8.80. The summed E-state index contributed by atoms with van der Waals surface area (Å²) in [5, 5.41) is 5.02. The van der Waals surface area contributed by atoms with E-state index >= 15 is 0 Å². The van der Waals surface area contributed by atoms with Crippen molar-refractivity contribution >= 4 is 34.2 Å². The number of allylic oxidation sites excluding steroid dienone is 1. The Hall–Kier alpha value is 0.530. The molecule has 0 fully saturated rings. The van der Waals surface area contributed by atoms with E-state index in [1.165, 1.54) is 0 Å². The van der Waals surface area contributed by atoms with Crippen LogP contribution in [0.4, 0.5) is 0 Å². The molecule has 0 saturated heterocycles. The van der Waals surface area contributed by atoms with E-state index in [1.54, 1.807) is 0 Å². The first-order valence-corrected chi connectivity index (χ1v) is 4.79. The van der Waals surface area contributed by atoms with Crippen molar-refractivity contribution in [1.82, 2.24) is 0 Å². The summed E-state index contributed by atoms with van der Waals surface area (Å²) in [5.41, 5.74) is 0. The Morgan fingerprint density at radius 3 is 2.57 bits per heavy atom. The minimum absolute atomic E-state index is 0.354. The molecule has 0 aromatic carbocycles. The lowest BCUT2D eigenvalue weighted by Gasteiger charge is -1.90. The fourth-order valence-electron chi connectivity index (χ4n) is 0.333. The number of thiol groups is 3. The lowest BCUT2D eigenvalue weighted by molar-refractivity contribution is 2.04. The molecule has 1 atom stereocenters. The Bertz CT molecular complexity index is 125. The third kappa shape index (κ3) is 1.48. The maximum Gasteiger partial charge on any atom is 0.0271 e. The molecule has 3 heteroatoms. The third-order valence-electron chi connectivity index (χ3n) is 0.603. The summed E-state index contributed by atoms with van der Waals surface area (Å²) >= 11 is 8.19. The Kier molecular flexibility index (Phi) is 1.78. The van der Waals surface area contributed by atoms with Crippen LogP contribution in [0.3, 0.4) is 0 Å². The van der Waals surface area contributed by atoms with Gasteiger partial charge in [-0.2, -0.15) is 9.93 Å². The molecule has 39 valence electrons. The van der Waals surface area contributed by atoms with Crippen LogP contribution >= 0.6 is 34.2 Å². The molecule has 1 aliphatic heterocycles. The predicted molar refractivity (Wildman–Crippen MR) is 42.9 cm³/mol. The summed E-state index contributed by atoms with van der Waals surface area (Å²) in [6.07, 6.45) is 1.92. The Morgan fingerprint density at radius 1 is 1.71 bits per heavy atom. The predicted octanol–water partition coefficient (Wildman–Crippen LogP) is 1.93. The van der Waals surface area contributed by atoms with E-state index in [4.69, 9.17) is 0 Å². The normalized spacial score (nSPS) is 33.4. The van der Waals surface area contributed by atoms with Gasteiger partial charge in [0.25, 0.3) is 0 Å². The summed E-state index contributed by atoms with van der Waals surface area (Å²) < 4.78 is 0. The van der Waals surface area contributed by atoms with Crippen molar-refractivity contribution in [3.63, 3.8) is 0 Å². The summed E-state index contributed by atoms with van der Waals surface area (Å²) in [4.78, 5) is 0.918. The van der Waals surface area contributed by atoms with Gasteiger partial charge < -0.3 is 0 Å². The van der Waals surface area contributed by atoms with Gasteiger partial charge in [0.05, 0.1) is 0 Å². The van der Waals surface area contributed by atoms with Crippen LogP contribution in [0, 0.1) is 5.41 Å². The fourth-order valence-corrected chi connectivity index (χ4v) is 2.28. The molecule has 0 bridgehead atoms. The van der Waals surface area contributed by atoms with Crippen LogP contribution in [-0.4, -0.2) is 0 Å². The number of hydrogen-bond donors (Lipinski definition) is 3. The highest BCUT2D eigenvalue weighted by Crippen LogP contribution is 2.39. The molecular weight excluding hydrogens is 144 g/mol. The maximum absolute atomic E-state index is 4.15. The van der Waals surface area contributed by atoms with Crippen molar-refractivity contribution < 1.29 is 0 Å². The lowest BCUT2D eigenvalue weighted by Crippen LogP contribution is -1.47. The molecule has 1 rings (SSSR count). The van der Waals surface area contributed by atoms with Crippen molar-refractivity contribution in [2.24, 2.45) is 0 Å². The zero-order valence-electron chi connectivity index (χ0n) is 3.50. The zero-order valence-corrected chi connectivity index (χ0v) is 6.18. The van der Waals surface area contributed by atoms with Gasteiger partial charge in [0.15, 0.2) is 0 Å². The van der Waals surface area contributed by atoms with Crippen molar-refractivity contribution in [3.8, 4) is 0 Å². The fraction of sp³-hybridized carbons (Fsp3) is 0. The molecule has 1 heterocycles. The first-order valence-electron chi connectivity index (χ1n) is 1.78. The third-order valence-corrected chi connectivity index (χ3v) is 2.64. The molecule has 1 unspecified atom stereocenters. The molecule has 0 N–H and O–H groups in total. The van der Waals surface area contributed by atoms with Gasteiger partial charge in [-0.3, -0.25) is 0 Å². The van der Waals surface area contributed by atoms with Gasteiger partial charge in [0.2, 0.25) is 0 Å². The Labute approximate surface area is 56.3 Å². The van der Waals surface area contributed by atoms with Crippen LogP contribution in [-0.2, 0) is 0 Å². The van der Waals surface area contributed by atoms with Crippen molar-refractivity contribution in [3.05, 3.63) is 21.8 Å². The van der Waals surface area contributed by atoms with Crippen molar-refractivity contribution in [1.29, 1.82) is 0 Å². The van der Waals surface area contributed by atoms with Crippen LogP contribution in [0.15, 0.2) is 16.4 Å². The molecular formula is C4H5S3. The first-order chi connectivity index (χ1) is 3.29. The van der Waals surface area contributed by atoms with Gasteiger partial charge in [-0.25, -0.2) is 0 Å². The number of hydrogen-bond acceptors (Lipinski definition) is 2. The molecule has 7 heavy (non-hydrogen) atoms. The smallest absolute Gasteiger partial charge is 0.0271 e. The Balaban J connectivity index is 2.69. The minimum atomic E-state index is -0.354. The minimum Gasteiger partial charge on any atom is -0.158 e. The zero-order chi connectivity index (χ0) is 5.28. The average Bonchev–Trinajstić information content (AvgIpc) is 1.87. The largest absolute Gasteiger partial charge is 0.158 e. The van der Waals surface area contributed by atoms with Crippen molar-refractivity contribution in [2.75, 3.05) is 0 Å². The van der Waals surface area contributed by atoms with Crippen LogP contribution in [0.1, 0.15) is 0 Å². The summed E-state index contributed by atoms with van der Waals surface area (Å²) in [6.45, 7) is 0. The van der Waals surface area contributed by atoms with Gasteiger partial charge in [-0.15, -0.1) is 24.3 Å². The molecule has 0 nitrogen and oxygen atoms in total. The first kappa shape index (κ1) is 5.66. The van der Waals surface area contributed by atoms with E-state index in [0.717, 1.165) is 4.91 Å². The second kappa shape index (κ2) is 2.20. The molecule has 0 spiro atoms. The maximum atomic E-state index is 4.15. The summed E-state index contributed by atoms with van der Waals surface area (Å²) in [6, 6.07) is 0. The van der Waals surface area contributed by atoms with Gasteiger partial charge in [-0.1, -0.05) is 0 Å². The molecule has 0 amide bonds. The summed E-state index contributed by atoms with van der Waals surface area (Å²) in [5.74, 6) is 0. The molecule has 0 aromatic rings. The molecule has 1 aliphatic rings. The van der Waals surface area contributed by atoms with E-state index in [0.29, 0.717) is 0 Å². The van der Waals surface area contributed by atoms with E-state index < -0.39 is 0 Å². The Morgan fingerprint density at radius 2 is 2.43 bits per heavy atom. The molecule has 0 aromatic heterocycles. The van der Waals surface area contributed by atoms with E-state index in [1.807, 2.05) is 11.5 Å². The highest BCUT2D eigenvalue weighted by atomic mass is 33.1. The highest BCUT2D eigenvalue weighted by Gasteiger charge is 1.95. The van der Waals surface area contributed by atoms with Crippen LogP contribution in [0.2, 0.25) is 0 Å². The van der Waals surface area contributed by atoms with Crippen molar-refractivity contribution in [2.45, 2.75) is 0 Å². The van der Waals surface area contributed by atoms with E-state index in [-0.39, 0.29) is 9.93 Å². The summed E-state index contributed by atoms with van der Waals surface area (Å²) in [7, 11) is -0.354. The van der Waals surface area contributed by atoms with E-state index in [2.05, 4.69) is 29.7 Å². The van der Waals surface area contributed by atoms with Gasteiger partial charge in [0.1, 0.15) is 0 Å². The number of rotatable bonds is 0. The van der Waals surface area contributed by atoms with Crippen LogP contribution in [0.5, 0.6) is 0 Å². The second-order valence-corrected chi connectivity index (χ2v) is 4.14. The molecule has 0 saturated carbocycles.